The minimum absolute atomic E-state index is 0.00817. The van der Waals surface area contributed by atoms with Crippen molar-refractivity contribution in [3.05, 3.63) is 87.6 Å². The second kappa shape index (κ2) is 11.5. The van der Waals surface area contributed by atoms with Crippen LogP contribution in [0.15, 0.2) is 59.4 Å². The fraction of sp³-hybridized carbons (Fsp3) is 0.300. The van der Waals surface area contributed by atoms with Crippen molar-refractivity contribution in [3.8, 4) is 5.69 Å². The molecule has 0 spiro atoms. The number of anilines is 2. The van der Waals surface area contributed by atoms with E-state index in [0.29, 0.717) is 47.6 Å². The van der Waals surface area contributed by atoms with Crippen molar-refractivity contribution >= 4 is 34.7 Å². The number of nitrogens with two attached hydrogens (primary N) is 1. The van der Waals surface area contributed by atoms with E-state index in [-0.39, 0.29) is 17.4 Å². The van der Waals surface area contributed by atoms with E-state index in [1.165, 1.54) is 0 Å². The monoisotopic (exact) mass is 523 g/mol. The van der Waals surface area contributed by atoms with Gasteiger partial charge in [-0.25, -0.2) is 9.97 Å². The fourth-order valence-corrected chi connectivity index (χ4v) is 5.04. The highest BCUT2D eigenvalue weighted by Gasteiger charge is 2.17. The number of aryl methyl sites for hydroxylation is 3. The lowest BCUT2D eigenvalue weighted by atomic mass is 10.1. The number of benzene rings is 2. The van der Waals surface area contributed by atoms with Crippen LogP contribution in [0.3, 0.4) is 0 Å². The number of likely N-dealkylation sites (tertiary alicyclic amines) is 1. The van der Waals surface area contributed by atoms with Crippen LogP contribution in [0.25, 0.3) is 22.7 Å². The molecule has 0 aliphatic carbocycles. The van der Waals surface area contributed by atoms with Gasteiger partial charge in [0, 0.05) is 37.7 Å². The number of nitrogens with one attached hydrogen (secondary N) is 1. The van der Waals surface area contributed by atoms with Crippen LogP contribution in [0.2, 0.25) is 0 Å². The summed E-state index contributed by atoms with van der Waals surface area (Å²) >= 11 is 0. The zero-order chi connectivity index (χ0) is 27.4. The minimum Gasteiger partial charge on any atom is -0.369 e. The van der Waals surface area contributed by atoms with Gasteiger partial charge in [-0.15, -0.1) is 0 Å². The Kier molecular flexibility index (Phi) is 7.67. The molecule has 0 unspecified atom stereocenters. The van der Waals surface area contributed by atoms with Gasteiger partial charge in [0.2, 0.25) is 11.9 Å². The van der Waals surface area contributed by atoms with Crippen molar-refractivity contribution in [2.24, 2.45) is 0 Å². The highest BCUT2D eigenvalue weighted by molar-refractivity contribution is 5.93. The first-order valence-electron chi connectivity index (χ1n) is 13.3. The van der Waals surface area contributed by atoms with Gasteiger partial charge in [0.15, 0.2) is 0 Å². The van der Waals surface area contributed by atoms with E-state index in [9.17, 15) is 9.59 Å². The Bertz CT molecular complexity index is 1590. The normalized spacial score (nSPS) is 13.4. The number of amides is 1. The Morgan fingerprint density at radius 1 is 1.03 bits per heavy atom. The molecular formula is C30H33N7O2. The third kappa shape index (κ3) is 5.67. The molecule has 0 radical (unpaired) electrons. The number of carbonyl (C=O) groups is 1. The van der Waals surface area contributed by atoms with Crippen LogP contribution in [0.4, 0.5) is 11.8 Å². The largest absolute Gasteiger partial charge is 0.369 e. The van der Waals surface area contributed by atoms with Crippen molar-refractivity contribution in [2.45, 2.75) is 39.5 Å². The number of aromatic nitrogens is 4. The summed E-state index contributed by atoms with van der Waals surface area (Å²) in [6, 6.07) is 15.3. The second-order valence-corrected chi connectivity index (χ2v) is 9.80. The summed E-state index contributed by atoms with van der Waals surface area (Å²) in [5.41, 5.74) is 9.69. The highest BCUT2D eigenvalue weighted by Crippen LogP contribution is 2.21. The van der Waals surface area contributed by atoms with Crippen LogP contribution < -0.4 is 16.6 Å². The summed E-state index contributed by atoms with van der Waals surface area (Å²) in [7, 11) is 0. The molecule has 1 amide bonds. The molecule has 200 valence electrons. The van der Waals surface area contributed by atoms with E-state index in [1.54, 1.807) is 16.7 Å². The molecule has 3 heterocycles. The van der Waals surface area contributed by atoms with Crippen molar-refractivity contribution in [1.82, 2.24) is 24.4 Å². The maximum atomic E-state index is 13.6. The number of fused-ring (bicyclic) bond motifs is 1. The average Bonchev–Trinajstić information content (AvgIpc) is 3.46. The average molecular weight is 524 g/mol. The van der Waals surface area contributed by atoms with E-state index in [0.717, 1.165) is 42.7 Å². The molecule has 1 aliphatic heterocycles. The Labute approximate surface area is 227 Å². The number of hydrogen-bond donors (Lipinski definition) is 2. The smallest absolute Gasteiger partial charge is 0.266 e. The van der Waals surface area contributed by atoms with Gasteiger partial charge in [-0.05, 0) is 62.9 Å². The van der Waals surface area contributed by atoms with Crippen LogP contribution in [0, 0.1) is 13.8 Å². The Morgan fingerprint density at radius 2 is 1.79 bits per heavy atom. The second-order valence-electron chi connectivity index (χ2n) is 9.80. The Morgan fingerprint density at radius 3 is 2.56 bits per heavy atom. The maximum absolute atomic E-state index is 13.6. The zero-order valence-electron chi connectivity index (χ0n) is 22.4. The lowest BCUT2D eigenvalue weighted by Crippen LogP contribution is -2.25. The van der Waals surface area contributed by atoms with Crippen molar-refractivity contribution < 1.29 is 4.79 Å². The third-order valence-corrected chi connectivity index (χ3v) is 7.02. The molecule has 9 nitrogen and oxygen atoms in total. The number of nitrogens with zero attached hydrogens (tertiary/aromatic N) is 5. The van der Waals surface area contributed by atoms with Gasteiger partial charge < -0.3 is 16.0 Å². The van der Waals surface area contributed by atoms with Gasteiger partial charge in [-0.3, -0.25) is 14.2 Å². The van der Waals surface area contributed by atoms with Crippen molar-refractivity contribution in [1.29, 1.82) is 0 Å². The SMILES string of the molecule is Cc1nc(N)nc(NCCCc2nc3cccc(C)c3c(=O)n2-c2ccccc2)c1/C=C/C(=O)N1CCCC1. The van der Waals surface area contributed by atoms with E-state index in [1.807, 2.05) is 67.3 Å². The van der Waals surface area contributed by atoms with Crippen molar-refractivity contribution in [3.63, 3.8) is 0 Å². The van der Waals surface area contributed by atoms with E-state index in [4.69, 9.17) is 10.7 Å². The Balaban J connectivity index is 1.36. The van der Waals surface area contributed by atoms with Crippen LogP contribution in [0.1, 0.15) is 41.9 Å². The summed E-state index contributed by atoms with van der Waals surface area (Å²) < 4.78 is 1.71. The number of hydrogen-bond acceptors (Lipinski definition) is 7. The predicted molar refractivity (Wildman–Crippen MR) is 155 cm³/mol. The lowest BCUT2D eigenvalue weighted by Gasteiger charge is -2.15. The number of para-hydroxylation sites is 1. The molecule has 0 saturated carbocycles. The van der Waals surface area contributed by atoms with Gasteiger partial charge in [-0.2, -0.15) is 4.98 Å². The molecule has 2 aromatic carbocycles. The summed E-state index contributed by atoms with van der Waals surface area (Å²) in [6.07, 6.45) is 6.69. The predicted octanol–water partition coefficient (Wildman–Crippen LogP) is 4.06. The van der Waals surface area contributed by atoms with Crippen LogP contribution in [-0.4, -0.2) is 50.0 Å². The first-order valence-corrected chi connectivity index (χ1v) is 13.3. The molecule has 5 rings (SSSR count). The Hall–Kier alpha value is -4.53. The number of carbonyl (C=O) groups excluding carboxylic acids is 1. The fourth-order valence-electron chi connectivity index (χ4n) is 5.04. The quantitative estimate of drug-likeness (QED) is 0.264. The molecular weight excluding hydrogens is 490 g/mol. The highest BCUT2D eigenvalue weighted by atomic mass is 16.2. The molecule has 1 fully saturated rings. The zero-order valence-corrected chi connectivity index (χ0v) is 22.4. The number of rotatable bonds is 8. The molecule has 1 aliphatic rings. The molecule has 0 bridgehead atoms. The van der Waals surface area contributed by atoms with Gasteiger partial charge in [0.05, 0.1) is 22.3 Å². The first-order chi connectivity index (χ1) is 18.9. The molecule has 3 N–H and O–H groups in total. The van der Waals surface area contributed by atoms with Gasteiger partial charge in [0.1, 0.15) is 11.6 Å². The summed E-state index contributed by atoms with van der Waals surface area (Å²) in [6.45, 7) is 5.93. The molecule has 39 heavy (non-hydrogen) atoms. The van der Waals surface area contributed by atoms with Gasteiger partial charge >= 0.3 is 0 Å². The summed E-state index contributed by atoms with van der Waals surface area (Å²) in [4.78, 5) is 41.5. The molecule has 4 aromatic rings. The van der Waals surface area contributed by atoms with Crippen LogP contribution in [-0.2, 0) is 11.2 Å². The molecule has 0 atom stereocenters. The van der Waals surface area contributed by atoms with Crippen LogP contribution >= 0.6 is 0 Å². The van der Waals surface area contributed by atoms with Gasteiger partial charge in [-0.1, -0.05) is 30.3 Å². The lowest BCUT2D eigenvalue weighted by molar-refractivity contribution is -0.124. The number of nitrogen functional groups attached to an aromatic ring is 1. The maximum Gasteiger partial charge on any atom is 0.266 e. The van der Waals surface area contributed by atoms with Gasteiger partial charge in [0.25, 0.3) is 5.56 Å². The van der Waals surface area contributed by atoms with Crippen molar-refractivity contribution in [2.75, 3.05) is 30.7 Å². The molecule has 9 heteroatoms. The topological polar surface area (TPSA) is 119 Å². The first kappa shape index (κ1) is 26.1. The van der Waals surface area contributed by atoms with E-state index < -0.39 is 0 Å². The third-order valence-electron chi connectivity index (χ3n) is 7.02. The summed E-state index contributed by atoms with van der Waals surface area (Å²) in [5, 5.41) is 3.99. The molecule has 2 aromatic heterocycles. The minimum atomic E-state index is -0.0680. The van der Waals surface area contributed by atoms with E-state index in [2.05, 4.69) is 15.3 Å². The van der Waals surface area contributed by atoms with E-state index >= 15 is 0 Å². The van der Waals surface area contributed by atoms with Crippen LogP contribution in [0.5, 0.6) is 0 Å². The standard InChI is InChI=1S/C30H33N7O2/c1-20-10-8-13-24-27(20)29(39)37(22-11-4-3-5-12-22)25(34-24)14-9-17-32-28-23(21(2)33-30(31)35-28)15-16-26(38)36-18-6-7-19-36/h3-5,8,10-13,15-16H,6-7,9,14,17-19H2,1-2H3,(H3,31,32,33,35)/b16-15+. The molecule has 1 saturated heterocycles. The summed E-state index contributed by atoms with van der Waals surface area (Å²) in [5.74, 6) is 1.43.